The van der Waals surface area contributed by atoms with E-state index in [-0.39, 0.29) is 5.92 Å². The van der Waals surface area contributed by atoms with Crippen LogP contribution in [0.4, 0.5) is 0 Å². The lowest BCUT2D eigenvalue weighted by Gasteiger charge is -2.04. The van der Waals surface area contributed by atoms with Gasteiger partial charge in [0.05, 0.1) is 5.76 Å². The number of allylic oxidation sites excluding steroid dienone is 2. The van der Waals surface area contributed by atoms with Crippen LogP contribution in [-0.4, -0.2) is 11.3 Å². The number of aliphatic hydroxyl groups excluding tert-OH is 1. The molecule has 9 heavy (non-hydrogen) atoms. The van der Waals surface area contributed by atoms with Crippen molar-refractivity contribution in [2.24, 2.45) is 5.92 Å². The van der Waals surface area contributed by atoms with E-state index in [9.17, 15) is 0 Å². The van der Waals surface area contributed by atoms with E-state index < -0.39 is 0 Å². The van der Waals surface area contributed by atoms with Gasteiger partial charge >= 0.3 is 0 Å². The molecule has 0 aromatic heterocycles. The van der Waals surface area contributed by atoms with Crippen molar-refractivity contribution in [3.63, 3.8) is 0 Å². The molecule has 0 aliphatic rings. The minimum atomic E-state index is 0.187. The Bertz CT molecular complexity index is 118. The van der Waals surface area contributed by atoms with E-state index in [0.717, 1.165) is 12.6 Å². The van der Waals surface area contributed by atoms with Gasteiger partial charge in [-0.25, -0.2) is 0 Å². The first-order chi connectivity index (χ1) is 4.22. The van der Waals surface area contributed by atoms with E-state index in [0.29, 0.717) is 5.76 Å². The number of rotatable bonds is 3. The Labute approximate surface area is 55.7 Å². The van der Waals surface area contributed by atoms with Gasteiger partial charge in [0.1, 0.15) is 0 Å². The molecule has 0 saturated carbocycles. The number of hydrogen-bond donors (Lipinski definition) is 2. The van der Waals surface area contributed by atoms with Gasteiger partial charge in [-0.3, -0.25) is 0 Å². The summed E-state index contributed by atoms with van der Waals surface area (Å²) in [6.07, 6.45) is 3.42. The smallest absolute Gasteiger partial charge is 0.0965 e. The van der Waals surface area contributed by atoms with E-state index in [1.54, 1.807) is 0 Å². The van der Waals surface area contributed by atoms with Gasteiger partial charge in [-0.2, -0.15) is 0 Å². The van der Waals surface area contributed by atoms with Gasteiger partial charge in [-0.1, -0.05) is 13.8 Å². The summed E-state index contributed by atoms with van der Waals surface area (Å²) in [7, 11) is 0. The minimum Gasteiger partial charge on any atom is -0.512 e. The van der Waals surface area contributed by atoms with E-state index in [4.69, 9.17) is 10.5 Å². The maximum Gasteiger partial charge on any atom is 0.0965 e. The van der Waals surface area contributed by atoms with Crippen molar-refractivity contribution in [3.8, 4) is 0 Å². The van der Waals surface area contributed by atoms with Crippen LogP contribution in [0.3, 0.4) is 0 Å². The summed E-state index contributed by atoms with van der Waals surface area (Å²) in [6, 6.07) is 0. The highest BCUT2D eigenvalue weighted by molar-refractivity contribution is 5.68. The second kappa shape index (κ2) is 4.13. The zero-order valence-electron chi connectivity index (χ0n) is 5.89. The molecule has 2 nitrogen and oxygen atoms in total. The summed E-state index contributed by atoms with van der Waals surface area (Å²) >= 11 is 0. The van der Waals surface area contributed by atoms with Crippen LogP contribution in [0.25, 0.3) is 0 Å². The molecular formula is C7H13NO. The first kappa shape index (κ1) is 8.21. The van der Waals surface area contributed by atoms with Gasteiger partial charge < -0.3 is 10.5 Å². The molecule has 0 heterocycles. The molecule has 0 aliphatic carbocycles. The lowest BCUT2D eigenvalue weighted by Crippen LogP contribution is -1.95. The monoisotopic (exact) mass is 127 g/mol. The molecule has 1 atom stereocenters. The molecule has 0 radical (unpaired) electrons. The van der Waals surface area contributed by atoms with E-state index in [1.165, 1.54) is 6.08 Å². The second-order valence-corrected chi connectivity index (χ2v) is 2.07. The van der Waals surface area contributed by atoms with Crippen LogP contribution in [-0.2, 0) is 0 Å². The number of nitrogens with one attached hydrogen (secondary N) is 1. The van der Waals surface area contributed by atoms with Crippen LogP contribution in [0.5, 0.6) is 0 Å². The molecule has 0 saturated heterocycles. The van der Waals surface area contributed by atoms with Crippen LogP contribution >= 0.6 is 0 Å². The number of hydrogen-bond acceptors (Lipinski definition) is 2. The third-order valence-electron chi connectivity index (χ3n) is 1.37. The molecule has 0 aliphatic heterocycles. The Morgan fingerprint density at radius 1 is 1.78 bits per heavy atom. The molecule has 1 unspecified atom stereocenters. The van der Waals surface area contributed by atoms with Crippen molar-refractivity contribution < 1.29 is 5.11 Å². The molecule has 0 aromatic carbocycles. The Morgan fingerprint density at radius 2 is 2.33 bits per heavy atom. The lowest BCUT2D eigenvalue weighted by atomic mass is 10.1. The summed E-state index contributed by atoms with van der Waals surface area (Å²) in [5, 5.41) is 15.7. The maximum atomic E-state index is 9.03. The van der Waals surface area contributed by atoms with Gasteiger partial charge in [-0.05, 0) is 12.5 Å². The Hall–Kier alpha value is -0.790. The molecule has 2 N–H and O–H groups in total. The fraction of sp³-hybridized carbons (Fsp3) is 0.571. The lowest BCUT2D eigenvalue weighted by molar-refractivity contribution is 0.337. The molecule has 2 heteroatoms. The van der Waals surface area contributed by atoms with Crippen molar-refractivity contribution in [3.05, 3.63) is 11.8 Å². The van der Waals surface area contributed by atoms with Gasteiger partial charge in [0.25, 0.3) is 0 Å². The van der Waals surface area contributed by atoms with Crippen molar-refractivity contribution in [2.45, 2.75) is 20.3 Å². The Morgan fingerprint density at radius 3 is 2.67 bits per heavy atom. The van der Waals surface area contributed by atoms with E-state index in [2.05, 4.69) is 0 Å². The topological polar surface area (TPSA) is 44.1 Å². The Balaban J connectivity index is 3.84. The normalized spacial score (nSPS) is 15.1. The second-order valence-electron chi connectivity index (χ2n) is 2.07. The fourth-order valence-corrected chi connectivity index (χ4v) is 0.459. The third kappa shape index (κ3) is 2.90. The standard InChI is InChI=1S/C7H13NO/c1-3-6(2)7(9)4-5-8/h4-6,8-9H,3H2,1-2H3/b7-4-,8-5?. The Kier molecular flexibility index (Phi) is 3.76. The molecule has 0 spiro atoms. The average molecular weight is 127 g/mol. The highest BCUT2D eigenvalue weighted by Gasteiger charge is 2.00. The van der Waals surface area contributed by atoms with Gasteiger partial charge in [0.2, 0.25) is 0 Å². The first-order valence-electron chi connectivity index (χ1n) is 3.12. The van der Waals surface area contributed by atoms with Crippen molar-refractivity contribution in [2.75, 3.05) is 0 Å². The third-order valence-corrected chi connectivity index (χ3v) is 1.37. The molecule has 0 fully saturated rings. The van der Waals surface area contributed by atoms with Crippen LogP contribution in [0.2, 0.25) is 0 Å². The van der Waals surface area contributed by atoms with Crippen LogP contribution in [0, 0.1) is 11.3 Å². The zero-order chi connectivity index (χ0) is 7.28. The molecular weight excluding hydrogens is 114 g/mol. The molecule has 0 amide bonds. The summed E-state index contributed by atoms with van der Waals surface area (Å²) in [4.78, 5) is 0. The number of aliphatic hydroxyl groups is 1. The van der Waals surface area contributed by atoms with Gasteiger partial charge in [-0.15, -0.1) is 0 Å². The van der Waals surface area contributed by atoms with E-state index in [1.807, 2.05) is 13.8 Å². The predicted octanol–water partition coefficient (Wildman–Crippen LogP) is 2.12. The van der Waals surface area contributed by atoms with Crippen molar-refractivity contribution in [1.29, 1.82) is 5.41 Å². The largest absolute Gasteiger partial charge is 0.512 e. The van der Waals surface area contributed by atoms with Crippen molar-refractivity contribution >= 4 is 6.21 Å². The SMILES string of the molecule is CCC(C)/C(O)=C/C=N. The first-order valence-corrected chi connectivity index (χ1v) is 3.12. The fourth-order valence-electron chi connectivity index (χ4n) is 0.459. The maximum absolute atomic E-state index is 9.03. The predicted molar refractivity (Wildman–Crippen MR) is 39.0 cm³/mol. The summed E-state index contributed by atoms with van der Waals surface area (Å²) < 4.78 is 0. The summed E-state index contributed by atoms with van der Waals surface area (Å²) in [5.41, 5.74) is 0. The highest BCUT2D eigenvalue weighted by Crippen LogP contribution is 2.09. The van der Waals surface area contributed by atoms with Gasteiger partial charge in [0, 0.05) is 12.1 Å². The quantitative estimate of drug-likeness (QED) is 0.442. The van der Waals surface area contributed by atoms with Crippen molar-refractivity contribution in [1.82, 2.24) is 0 Å². The minimum absolute atomic E-state index is 0.187. The molecule has 52 valence electrons. The van der Waals surface area contributed by atoms with Crippen LogP contribution in [0.1, 0.15) is 20.3 Å². The molecule has 0 aromatic rings. The zero-order valence-corrected chi connectivity index (χ0v) is 5.89. The summed E-state index contributed by atoms with van der Waals surface area (Å²) in [5.74, 6) is 0.485. The molecule has 0 rings (SSSR count). The average Bonchev–Trinajstić information content (AvgIpc) is 1.87. The summed E-state index contributed by atoms with van der Waals surface area (Å²) in [6.45, 7) is 3.92. The molecule has 0 bridgehead atoms. The highest BCUT2D eigenvalue weighted by atomic mass is 16.3. The van der Waals surface area contributed by atoms with E-state index >= 15 is 0 Å². The van der Waals surface area contributed by atoms with Crippen LogP contribution in [0.15, 0.2) is 11.8 Å². The van der Waals surface area contributed by atoms with Crippen LogP contribution < -0.4 is 0 Å². The van der Waals surface area contributed by atoms with Gasteiger partial charge in [0.15, 0.2) is 0 Å².